The average Bonchev–Trinajstić information content (AvgIpc) is 2.85. The Morgan fingerprint density at radius 1 is 1.40 bits per heavy atom. The van der Waals surface area contributed by atoms with E-state index in [1.54, 1.807) is 20.8 Å². The Bertz CT molecular complexity index is 437. The van der Waals surface area contributed by atoms with E-state index in [1.165, 1.54) is 18.4 Å². The van der Waals surface area contributed by atoms with E-state index in [0.29, 0.717) is 6.42 Å². The Kier molecular flexibility index (Phi) is 6.01. The number of rotatable bonds is 5. The fraction of sp³-hybridized carbons (Fsp3) is 0.571. The molecule has 1 rings (SSSR count). The number of esters is 1. The van der Waals surface area contributed by atoms with Crippen LogP contribution in [-0.4, -0.2) is 24.8 Å². The Balaban J connectivity index is 2.64. The largest absolute Gasteiger partial charge is 0.469 e. The second-order valence-corrected chi connectivity index (χ2v) is 6.31. The minimum Gasteiger partial charge on any atom is -0.469 e. The van der Waals surface area contributed by atoms with Crippen molar-refractivity contribution in [1.82, 2.24) is 5.32 Å². The van der Waals surface area contributed by atoms with E-state index < -0.39 is 11.7 Å². The molecule has 1 aromatic heterocycles. The number of ether oxygens (including phenoxy) is 2. The van der Waals surface area contributed by atoms with Gasteiger partial charge in [0.25, 0.3) is 0 Å². The van der Waals surface area contributed by atoms with Gasteiger partial charge in [-0.05, 0) is 38.6 Å². The van der Waals surface area contributed by atoms with Crippen molar-refractivity contribution in [1.29, 1.82) is 0 Å². The first-order valence-corrected chi connectivity index (χ1v) is 7.29. The maximum atomic E-state index is 11.8. The summed E-state index contributed by atoms with van der Waals surface area (Å²) in [6, 6.07) is 3.58. The minimum atomic E-state index is -0.549. The van der Waals surface area contributed by atoms with E-state index in [9.17, 15) is 9.59 Å². The SMILES string of the molecule is COC(=O)CCC(NC(=O)OC(C)(C)C)c1cccs1. The number of alkyl carbamates (subject to hydrolysis) is 1. The molecule has 0 aliphatic rings. The van der Waals surface area contributed by atoms with E-state index in [1.807, 2.05) is 17.5 Å². The molecule has 0 saturated heterocycles. The maximum absolute atomic E-state index is 11.8. The molecule has 0 radical (unpaired) electrons. The summed E-state index contributed by atoms with van der Waals surface area (Å²) in [6.07, 6.45) is 0.238. The Labute approximate surface area is 123 Å². The Morgan fingerprint density at radius 2 is 2.10 bits per heavy atom. The highest BCUT2D eigenvalue weighted by Gasteiger charge is 2.21. The van der Waals surface area contributed by atoms with Crippen LogP contribution in [0.15, 0.2) is 17.5 Å². The number of carbonyl (C=O) groups excluding carboxylic acids is 2. The van der Waals surface area contributed by atoms with Crippen LogP contribution >= 0.6 is 11.3 Å². The van der Waals surface area contributed by atoms with Gasteiger partial charge in [-0.3, -0.25) is 4.79 Å². The number of carbonyl (C=O) groups is 2. The first-order chi connectivity index (χ1) is 9.31. The molecule has 1 aromatic rings. The average molecular weight is 299 g/mol. The van der Waals surface area contributed by atoms with Crippen LogP contribution in [0.2, 0.25) is 0 Å². The molecule has 1 atom stereocenters. The van der Waals surface area contributed by atoms with E-state index >= 15 is 0 Å². The predicted molar refractivity (Wildman–Crippen MR) is 77.7 cm³/mol. The van der Waals surface area contributed by atoms with Crippen LogP contribution in [0.25, 0.3) is 0 Å². The van der Waals surface area contributed by atoms with Crippen molar-refractivity contribution in [3.05, 3.63) is 22.4 Å². The number of hydrogen-bond acceptors (Lipinski definition) is 5. The van der Waals surface area contributed by atoms with Crippen LogP contribution in [-0.2, 0) is 14.3 Å². The van der Waals surface area contributed by atoms with Gasteiger partial charge in [-0.25, -0.2) is 4.79 Å². The van der Waals surface area contributed by atoms with E-state index in [0.717, 1.165) is 4.88 Å². The van der Waals surface area contributed by atoms with Crippen LogP contribution in [0.1, 0.15) is 44.5 Å². The van der Waals surface area contributed by atoms with E-state index in [4.69, 9.17) is 4.74 Å². The lowest BCUT2D eigenvalue weighted by Gasteiger charge is -2.23. The summed E-state index contributed by atoms with van der Waals surface area (Å²) in [5.41, 5.74) is -0.549. The summed E-state index contributed by atoms with van der Waals surface area (Å²) in [4.78, 5) is 24.1. The summed E-state index contributed by atoms with van der Waals surface area (Å²) in [7, 11) is 1.35. The lowest BCUT2D eigenvalue weighted by molar-refractivity contribution is -0.140. The molecular formula is C14H21NO4S. The molecule has 0 aliphatic carbocycles. The molecule has 0 aromatic carbocycles. The van der Waals surface area contributed by atoms with Crippen molar-refractivity contribution in [2.24, 2.45) is 0 Å². The standard InChI is InChI=1S/C14H21NO4S/c1-14(2,3)19-13(17)15-10(7-8-12(16)18-4)11-6-5-9-20-11/h5-6,9-10H,7-8H2,1-4H3,(H,15,17). The molecule has 1 amide bonds. The van der Waals surface area contributed by atoms with Gasteiger partial charge in [-0.2, -0.15) is 0 Å². The minimum absolute atomic E-state index is 0.245. The van der Waals surface area contributed by atoms with Gasteiger partial charge in [-0.1, -0.05) is 6.07 Å². The van der Waals surface area contributed by atoms with Gasteiger partial charge in [0, 0.05) is 11.3 Å². The monoisotopic (exact) mass is 299 g/mol. The van der Waals surface area contributed by atoms with Gasteiger partial charge in [0.05, 0.1) is 13.2 Å². The zero-order valence-electron chi connectivity index (χ0n) is 12.3. The molecular weight excluding hydrogens is 278 g/mol. The van der Waals surface area contributed by atoms with Crippen molar-refractivity contribution in [2.45, 2.75) is 45.3 Å². The van der Waals surface area contributed by atoms with Gasteiger partial charge >= 0.3 is 12.1 Å². The number of amides is 1. The van der Waals surface area contributed by atoms with Crippen LogP contribution in [0.4, 0.5) is 4.79 Å². The maximum Gasteiger partial charge on any atom is 0.408 e. The molecule has 0 aliphatic heterocycles. The number of methoxy groups -OCH3 is 1. The fourth-order valence-electron chi connectivity index (χ4n) is 1.59. The molecule has 0 bridgehead atoms. The van der Waals surface area contributed by atoms with Gasteiger partial charge in [-0.15, -0.1) is 11.3 Å². The summed E-state index contributed by atoms with van der Waals surface area (Å²) in [5.74, 6) is -0.294. The van der Waals surface area contributed by atoms with Gasteiger partial charge < -0.3 is 14.8 Å². The highest BCUT2D eigenvalue weighted by atomic mass is 32.1. The van der Waals surface area contributed by atoms with Crippen LogP contribution in [0.3, 0.4) is 0 Å². The summed E-state index contributed by atoms with van der Waals surface area (Å²) in [6.45, 7) is 5.42. The highest BCUT2D eigenvalue weighted by Crippen LogP contribution is 2.24. The first kappa shape index (κ1) is 16.5. The molecule has 112 valence electrons. The van der Waals surface area contributed by atoms with E-state index in [-0.39, 0.29) is 18.4 Å². The topological polar surface area (TPSA) is 64.6 Å². The molecule has 1 heterocycles. The van der Waals surface area contributed by atoms with Gasteiger partial charge in [0.2, 0.25) is 0 Å². The Hall–Kier alpha value is -1.56. The molecule has 20 heavy (non-hydrogen) atoms. The van der Waals surface area contributed by atoms with Gasteiger partial charge in [0.1, 0.15) is 5.60 Å². The van der Waals surface area contributed by atoms with Crippen molar-refractivity contribution >= 4 is 23.4 Å². The third-order valence-electron chi connectivity index (χ3n) is 2.44. The fourth-order valence-corrected chi connectivity index (χ4v) is 2.40. The second-order valence-electron chi connectivity index (χ2n) is 5.33. The second kappa shape index (κ2) is 7.28. The summed E-state index contributed by atoms with van der Waals surface area (Å²) in [5, 5.41) is 4.72. The van der Waals surface area contributed by atoms with Crippen LogP contribution in [0.5, 0.6) is 0 Å². The number of hydrogen-bond donors (Lipinski definition) is 1. The van der Waals surface area contributed by atoms with Crippen molar-refractivity contribution in [3.63, 3.8) is 0 Å². The normalized spacial score (nSPS) is 12.6. The zero-order valence-corrected chi connectivity index (χ0v) is 13.1. The molecule has 6 heteroatoms. The molecule has 1 unspecified atom stereocenters. The van der Waals surface area contributed by atoms with Crippen LogP contribution < -0.4 is 5.32 Å². The molecule has 0 saturated carbocycles. The quantitative estimate of drug-likeness (QED) is 0.848. The zero-order chi connectivity index (χ0) is 15.2. The summed E-state index contributed by atoms with van der Waals surface area (Å²) < 4.78 is 9.86. The third kappa shape index (κ3) is 6.06. The number of nitrogens with one attached hydrogen (secondary N) is 1. The molecule has 0 fully saturated rings. The lowest BCUT2D eigenvalue weighted by Crippen LogP contribution is -2.35. The third-order valence-corrected chi connectivity index (χ3v) is 3.43. The number of thiophene rings is 1. The van der Waals surface area contributed by atoms with Crippen molar-refractivity contribution in [2.75, 3.05) is 7.11 Å². The molecule has 5 nitrogen and oxygen atoms in total. The van der Waals surface area contributed by atoms with Crippen LogP contribution in [0, 0.1) is 0 Å². The van der Waals surface area contributed by atoms with E-state index in [2.05, 4.69) is 10.1 Å². The molecule has 1 N–H and O–H groups in total. The predicted octanol–water partition coefficient (Wildman–Crippen LogP) is 3.27. The van der Waals surface area contributed by atoms with Crippen molar-refractivity contribution < 1.29 is 19.1 Å². The smallest absolute Gasteiger partial charge is 0.408 e. The molecule has 0 spiro atoms. The highest BCUT2D eigenvalue weighted by molar-refractivity contribution is 7.10. The Morgan fingerprint density at radius 3 is 2.60 bits per heavy atom. The first-order valence-electron chi connectivity index (χ1n) is 6.41. The lowest BCUT2D eigenvalue weighted by atomic mass is 10.1. The summed E-state index contributed by atoms with van der Waals surface area (Å²) >= 11 is 1.53. The van der Waals surface area contributed by atoms with Gasteiger partial charge in [0.15, 0.2) is 0 Å². The van der Waals surface area contributed by atoms with Crippen molar-refractivity contribution in [3.8, 4) is 0 Å².